The van der Waals surface area contributed by atoms with Gasteiger partial charge in [0.1, 0.15) is 12.2 Å². The van der Waals surface area contributed by atoms with Crippen molar-refractivity contribution in [3.8, 4) is 0 Å². The molecule has 0 aliphatic rings. The van der Waals surface area contributed by atoms with Crippen LogP contribution in [0.15, 0.2) is 23.4 Å². The Hall–Kier alpha value is -2.16. The number of nitro groups is 1. The number of carbonyl (C=O) groups excluding carboxylic acids is 1. The molecule has 2 unspecified atom stereocenters. The molecule has 22 heavy (non-hydrogen) atoms. The molecule has 9 heteroatoms. The van der Waals surface area contributed by atoms with Gasteiger partial charge in [-0.25, -0.2) is 9.78 Å². The lowest BCUT2D eigenvalue weighted by atomic mass is 9.99. The van der Waals surface area contributed by atoms with Crippen LogP contribution in [-0.4, -0.2) is 38.7 Å². The number of carbonyl (C=O) groups is 2. The summed E-state index contributed by atoms with van der Waals surface area (Å²) >= 11 is 1.08. The van der Waals surface area contributed by atoms with Crippen LogP contribution in [0.1, 0.15) is 20.3 Å². The molecule has 120 valence electrons. The summed E-state index contributed by atoms with van der Waals surface area (Å²) in [5.41, 5.74) is -0.128. The van der Waals surface area contributed by atoms with Crippen molar-refractivity contribution in [3.63, 3.8) is 0 Å². The van der Waals surface area contributed by atoms with E-state index in [0.29, 0.717) is 11.4 Å². The molecule has 1 aromatic rings. The summed E-state index contributed by atoms with van der Waals surface area (Å²) in [5.74, 6) is -1.67. The fourth-order valence-corrected chi connectivity index (χ4v) is 2.26. The van der Waals surface area contributed by atoms with Crippen molar-refractivity contribution >= 4 is 29.3 Å². The first-order chi connectivity index (χ1) is 10.3. The van der Waals surface area contributed by atoms with Crippen LogP contribution in [0.25, 0.3) is 0 Å². The van der Waals surface area contributed by atoms with Crippen molar-refractivity contribution in [2.45, 2.75) is 31.3 Å². The van der Waals surface area contributed by atoms with Crippen molar-refractivity contribution < 1.29 is 19.6 Å². The third-order valence-corrected chi connectivity index (χ3v) is 4.02. The average Bonchev–Trinajstić information content (AvgIpc) is 2.49. The van der Waals surface area contributed by atoms with Gasteiger partial charge in [-0.15, -0.1) is 0 Å². The number of nitrogens with zero attached hydrogens (tertiary/aromatic N) is 2. The molecule has 2 atom stereocenters. The molecule has 1 amide bonds. The minimum Gasteiger partial charge on any atom is -0.480 e. The molecular formula is C13H17N3O5S. The quantitative estimate of drug-likeness (QED) is 0.423. The van der Waals surface area contributed by atoms with Gasteiger partial charge in [0.05, 0.1) is 15.7 Å². The minimum atomic E-state index is -1.07. The molecule has 2 N–H and O–H groups in total. The third kappa shape index (κ3) is 5.32. The van der Waals surface area contributed by atoms with Crippen LogP contribution < -0.4 is 5.32 Å². The highest BCUT2D eigenvalue weighted by Crippen LogP contribution is 2.18. The lowest BCUT2D eigenvalue weighted by molar-refractivity contribution is -0.385. The van der Waals surface area contributed by atoms with Crippen LogP contribution in [0.2, 0.25) is 0 Å². The first kappa shape index (κ1) is 17.9. The molecule has 0 radical (unpaired) electrons. The fourth-order valence-electron chi connectivity index (χ4n) is 1.60. The molecule has 0 aromatic carbocycles. The van der Waals surface area contributed by atoms with Crippen LogP contribution in [-0.2, 0) is 9.59 Å². The van der Waals surface area contributed by atoms with Crippen LogP contribution >= 0.6 is 11.8 Å². The number of thioether (sulfide) groups is 1. The second-order valence-corrected chi connectivity index (χ2v) is 5.67. The second kappa shape index (κ2) is 8.32. The maximum absolute atomic E-state index is 11.8. The van der Waals surface area contributed by atoms with E-state index in [0.717, 1.165) is 18.0 Å². The number of aromatic nitrogens is 1. The van der Waals surface area contributed by atoms with Gasteiger partial charge in [0.15, 0.2) is 0 Å². The summed E-state index contributed by atoms with van der Waals surface area (Å²) in [7, 11) is 0. The molecule has 8 nitrogen and oxygen atoms in total. The number of amides is 1. The lowest BCUT2D eigenvalue weighted by Crippen LogP contribution is -2.45. The highest BCUT2D eigenvalue weighted by molar-refractivity contribution is 7.99. The first-order valence-corrected chi connectivity index (χ1v) is 7.59. The zero-order valence-electron chi connectivity index (χ0n) is 12.2. The van der Waals surface area contributed by atoms with E-state index in [4.69, 9.17) is 5.11 Å². The maximum Gasteiger partial charge on any atom is 0.326 e. The Labute approximate surface area is 131 Å². The van der Waals surface area contributed by atoms with E-state index in [2.05, 4.69) is 10.3 Å². The standard InChI is InChI=1S/C13H17N3O5S/c1-3-8(2)12(13(18)19)15-10(17)7-22-11-5-4-9(6-14-11)16(20)21/h4-6,8,12H,3,7H2,1-2H3,(H,15,17)(H,18,19). The van der Waals surface area contributed by atoms with E-state index in [1.54, 1.807) is 6.92 Å². The Morgan fingerprint density at radius 1 is 1.50 bits per heavy atom. The number of rotatable bonds is 8. The number of aliphatic carboxylic acids is 1. The fraction of sp³-hybridized carbons (Fsp3) is 0.462. The molecule has 0 fully saturated rings. The smallest absolute Gasteiger partial charge is 0.326 e. The van der Waals surface area contributed by atoms with Crippen molar-refractivity contribution in [1.29, 1.82) is 0 Å². The van der Waals surface area contributed by atoms with E-state index >= 15 is 0 Å². The number of carboxylic acids is 1. The maximum atomic E-state index is 11.8. The van der Waals surface area contributed by atoms with E-state index in [-0.39, 0.29) is 17.4 Å². The van der Waals surface area contributed by atoms with Gasteiger partial charge in [-0.05, 0) is 12.0 Å². The Kier molecular flexibility index (Phi) is 6.77. The summed E-state index contributed by atoms with van der Waals surface area (Å²) in [6.45, 7) is 3.60. The van der Waals surface area contributed by atoms with Crippen molar-refractivity contribution in [2.75, 3.05) is 5.75 Å². The highest BCUT2D eigenvalue weighted by Gasteiger charge is 2.25. The molecule has 0 spiro atoms. The number of carboxylic acid groups (broad SMARTS) is 1. The molecule has 0 saturated heterocycles. The number of pyridine rings is 1. The molecule has 1 aromatic heterocycles. The largest absolute Gasteiger partial charge is 0.480 e. The molecule has 1 heterocycles. The number of hydrogen-bond donors (Lipinski definition) is 2. The van der Waals surface area contributed by atoms with Gasteiger partial charge in [-0.1, -0.05) is 32.0 Å². The van der Waals surface area contributed by atoms with Gasteiger partial charge in [0.2, 0.25) is 5.91 Å². The summed E-state index contributed by atoms with van der Waals surface area (Å²) in [5, 5.41) is 22.5. The minimum absolute atomic E-state index is 0.00890. The molecular weight excluding hydrogens is 310 g/mol. The molecule has 0 saturated carbocycles. The van der Waals surface area contributed by atoms with Crippen molar-refractivity contribution in [1.82, 2.24) is 10.3 Å². The SMILES string of the molecule is CCC(C)C(NC(=O)CSc1ccc([N+](=O)[O-])cn1)C(=O)O. The summed E-state index contributed by atoms with van der Waals surface area (Å²) < 4.78 is 0. The summed E-state index contributed by atoms with van der Waals surface area (Å²) in [6, 6.07) is 1.81. The van der Waals surface area contributed by atoms with Gasteiger partial charge in [-0.2, -0.15) is 0 Å². The Balaban J connectivity index is 2.54. The first-order valence-electron chi connectivity index (χ1n) is 6.60. The highest BCUT2D eigenvalue weighted by atomic mass is 32.2. The molecule has 0 bridgehead atoms. The predicted octanol–water partition coefficient (Wildman–Crippen LogP) is 1.70. The van der Waals surface area contributed by atoms with Gasteiger partial charge in [0.25, 0.3) is 5.69 Å². The molecule has 0 aliphatic heterocycles. The Morgan fingerprint density at radius 3 is 2.64 bits per heavy atom. The Morgan fingerprint density at radius 2 is 2.18 bits per heavy atom. The Bertz CT molecular complexity index is 549. The normalized spacial score (nSPS) is 13.2. The van der Waals surface area contributed by atoms with Crippen molar-refractivity contribution in [2.24, 2.45) is 5.92 Å². The summed E-state index contributed by atoms with van der Waals surface area (Å²) in [6.07, 6.45) is 1.74. The third-order valence-electron chi connectivity index (χ3n) is 3.08. The van der Waals surface area contributed by atoms with Crippen LogP contribution in [0.3, 0.4) is 0 Å². The molecule has 1 rings (SSSR count). The van der Waals surface area contributed by atoms with E-state index in [1.165, 1.54) is 12.1 Å². The van der Waals surface area contributed by atoms with E-state index < -0.39 is 22.8 Å². The van der Waals surface area contributed by atoms with Crippen LogP contribution in [0.4, 0.5) is 5.69 Å². The van der Waals surface area contributed by atoms with Crippen LogP contribution in [0.5, 0.6) is 0 Å². The summed E-state index contributed by atoms with van der Waals surface area (Å²) in [4.78, 5) is 36.7. The van der Waals surface area contributed by atoms with Crippen molar-refractivity contribution in [3.05, 3.63) is 28.4 Å². The topological polar surface area (TPSA) is 122 Å². The zero-order chi connectivity index (χ0) is 16.7. The van der Waals surface area contributed by atoms with Gasteiger partial charge in [0, 0.05) is 6.07 Å². The van der Waals surface area contributed by atoms with Crippen LogP contribution in [0, 0.1) is 16.0 Å². The van der Waals surface area contributed by atoms with Gasteiger partial charge in [-0.3, -0.25) is 14.9 Å². The van der Waals surface area contributed by atoms with E-state index in [9.17, 15) is 19.7 Å². The van der Waals surface area contributed by atoms with Gasteiger partial charge >= 0.3 is 5.97 Å². The zero-order valence-corrected chi connectivity index (χ0v) is 13.0. The predicted molar refractivity (Wildman–Crippen MR) is 80.6 cm³/mol. The number of hydrogen-bond acceptors (Lipinski definition) is 6. The van der Waals surface area contributed by atoms with E-state index in [1.807, 2.05) is 6.92 Å². The number of nitrogens with one attached hydrogen (secondary N) is 1. The second-order valence-electron chi connectivity index (χ2n) is 4.67. The molecule has 0 aliphatic carbocycles. The van der Waals surface area contributed by atoms with Gasteiger partial charge < -0.3 is 10.4 Å². The monoisotopic (exact) mass is 327 g/mol. The lowest BCUT2D eigenvalue weighted by Gasteiger charge is -2.19. The average molecular weight is 327 g/mol.